The molecule has 0 radical (unpaired) electrons. The van der Waals surface area contributed by atoms with E-state index in [1.165, 1.54) is 0 Å². The molecule has 2 aromatic rings. The van der Waals surface area contributed by atoms with Crippen LogP contribution < -0.4 is 5.32 Å². The molecule has 1 aromatic heterocycles. The van der Waals surface area contributed by atoms with Crippen LogP contribution in [0.1, 0.15) is 33.6 Å². The van der Waals surface area contributed by atoms with Crippen LogP contribution in [0.3, 0.4) is 0 Å². The molecule has 1 N–H and O–H groups in total. The number of benzene rings is 1. The number of likely N-dealkylation sites (tertiary alicyclic amines) is 1. The molecular weight excluding hydrogens is 302 g/mol. The molecule has 1 fully saturated rings. The summed E-state index contributed by atoms with van der Waals surface area (Å²) in [4.78, 5) is 30.3. The van der Waals surface area contributed by atoms with Crippen LogP contribution >= 0.6 is 0 Å². The largest absolute Gasteiger partial charge is 0.352 e. The first-order valence-corrected chi connectivity index (χ1v) is 8.26. The van der Waals surface area contributed by atoms with Crippen molar-refractivity contribution >= 4 is 11.8 Å². The van der Waals surface area contributed by atoms with E-state index in [9.17, 15) is 9.59 Å². The molecule has 124 valence electrons. The third-order valence-electron chi connectivity index (χ3n) is 4.40. The smallest absolute Gasteiger partial charge is 0.253 e. The van der Waals surface area contributed by atoms with Crippen molar-refractivity contribution in [2.24, 2.45) is 5.92 Å². The third kappa shape index (κ3) is 3.98. The van der Waals surface area contributed by atoms with Crippen molar-refractivity contribution in [1.29, 1.82) is 0 Å². The second-order valence-corrected chi connectivity index (χ2v) is 6.05. The Kier molecular flexibility index (Phi) is 5.21. The summed E-state index contributed by atoms with van der Waals surface area (Å²) in [5, 5.41) is 2.96. The fourth-order valence-electron chi connectivity index (χ4n) is 2.94. The Morgan fingerprint density at radius 1 is 1.04 bits per heavy atom. The summed E-state index contributed by atoms with van der Waals surface area (Å²) in [5.41, 5.74) is 1.31. The van der Waals surface area contributed by atoms with Gasteiger partial charge < -0.3 is 10.2 Å². The predicted octanol–water partition coefficient (Wildman–Crippen LogP) is 2.36. The monoisotopic (exact) mass is 323 g/mol. The van der Waals surface area contributed by atoms with Gasteiger partial charge in [-0.25, -0.2) is 0 Å². The van der Waals surface area contributed by atoms with Gasteiger partial charge in [0.25, 0.3) is 11.8 Å². The SMILES string of the molecule is O=C(NCC1CCN(C(=O)c2ccccc2)CC1)c1cccnc1. The fourth-order valence-corrected chi connectivity index (χ4v) is 2.94. The first kappa shape index (κ1) is 16.2. The van der Waals surface area contributed by atoms with E-state index in [-0.39, 0.29) is 11.8 Å². The number of pyridine rings is 1. The standard InChI is InChI=1S/C19H21N3O2/c23-18(17-7-4-10-20-14-17)21-13-15-8-11-22(12-9-15)19(24)16-5-2-1-3-6-16/h1-7,10,14-15H,8-9,11-13H2,(H,21,23). The van der Waals surface area contributed by atoms with E-state index >= 15 is 0 Å². The number of piperidine rings is 1. The van der Waals surface area contributed by atoms with E-state index in [1.807, 2.05) is 35.2 Å². The Morgan fingerprint density at radius 3 is 2.42 bits per heavy atom. The molecule has 1 aliphatic heterocycles. The first-order chi connectivity index (χ1) is 11.7. The van der Waals surface area contributed by atoms with Gasteiger partial charge in [0.1, 0.15) is 0 Å². The molecule has 1 aromatic carbocycles. The van der Waals surface area contributed by atoms with Crippen molar-refractivity contribution < 1.29 is 9.59 Å². The lowest BCUT2D eigenvalue weighted by molar-refractivity contribution is 0.0684. The van der Waals surface area contributed by atoms with E-state index in [0.29, 0.717) is 18.0 Å². The van der Waals surface area contributed by atoms with Crippen LogP contribution in [0.4, 0.5) is 0 Å². The summed E-state index contributed by atoms with van der Waals surface area (Å²) in [6.07, 6.45) is 5.03. The van der Waals surface area contributed by atoms with Crippen molar-refractivity contribution in [2.75, 3.05) is 19.6 Å². The Hall–Kier alpha value is -2.69. The Labute approximate surface area is 141 Å². The molecule has 0 aliphatic carbocycles. The molecule has 1 saturated heterocycles. The highest BCUT2D eigenvalue weighted by molar-refractivity contribution is 5.94. The van der Waals surface area contributed by atoms with E-state index in [4.69, 9.17) is 0 Å². The molecule has 1 aliphatic rings. The molecule has 24 heavy (non-hydrogen) atoms. The Bertz CT molecular complexity index is 680. The molecule has 0 spiro atoms. The Morgan fingerprint density at radius 2 is 1.75 bits per heavy atom. The number of amides is 2. The maximum atomic E-state index is 12.4. The highest BCUT2D eigenvalue weighted by Crippen LogP contribution is 2.18. The van der Waals surface area contributed by atoms with Crippen molar-refractivity contribution in [1.82, 2.24) is 15.2 Å². The number of nitrogens with zero attached hydrogens (tertiary/aromatic N) is 2. The summed E-state index contributed by atoms with van der Waals surface area (Å²) < 4.78 is 0. The highest BCUT2D eigenvalue weighted by atomic mass is 16.2. The van der Waals surface area contributed by atoms with Gasteiger partial charge in [-0.15, -0.1) is 0 Å². The first-order valence-electron chi connectivity index (χ1n) is 8.26. The topological polar surface area (TPSA) is 62.3 Å². The third-order valence-corrected chi connectivity index (χ3v) is 4.40. The van der Waals surface area contributed by atoms with Gasteiger partial charge in [-0.1, -0.05) is 18.2 Å². The van der Waals surface area contributed by atoms with Gasteiger partial charge in [-0.05, 0) is 43.0 Å². The minimum Gasteiger partial charge on any atom is -0.352 e. The minimum absolute atomic E-state index is 0.0912. The fraction of sp³-hybridized carbons (Fsp3) is 0.316. The van der Waals surface area contributed by atoms with Crippen molar-refractivity contribution in [3.8, 4) is 0 Å². The van der Waals surface area contributed by atoms with Crippen LogP contribution in [0, 0.1) is 5.92 Å². The van der Waals surface area contributed by atoms with E-state index in [0.717, 1.165) is 31.5 Å². The van der Waals surface area contributed by atoms with Gasteiger partial charge in [-0.3, -0.25) is 14.6 Å². The average Bonchev–Trinajstić information content (AvgIpc) is 2.67. The molecule has 2 heterocycles. The van der Waals surface area contributed by atoms with Crippen LogP contribution in [0.2, 0.25) is 0 Å². The summed E-state index contributed by atoms with van der Waals surface area (Å²) in [6, 6.07) is 12.9. The quantitative estimate of drug-likeness (QED) is 0.939. The van der Waals surface area contributed by atoms with E-state index < -0.39 is 0 Å². The molecule has 5 heteroatoms. The summed E-state index contributed by atoms with van der Waals surface area (Å²) in [7, 11) is 0. The van der Waals surface area contributed by atoms with E-state index in [1.54, 1.807) is 24.5 Å². The van der Waals surface area contributed by atoms with Crippen LogP contribution in [0.15, 0.2) is 54.9 Å². The number of hydrogen-bond acceptors (Lipinski definition) is 3. The number of carbonyl (C=O) groups is 2. The lowest BCUT2D eigenvalue weighted by atomic mass is 9.96. The summed E-state index contributed by atoms with van der Waals surface area (Å²) >= 11 is 0. The molecule has 0 saturated carbocycles. The molecule has 5 nitrogen and oxygen atoms in total. The number of aromatic nitrogens is 1. The lowest BCUT2D eigenvalue weighted by Crippen LogP contribution is -2.41. The maximum absolute atomic E-state index is 12.4. The van der Waals surface area contributed by atoms with Crippen LogP contribution in [0.25, 0.3) is 0 Å². The number of nitrogens with one attached hydrogen (secondary N) is 1. The maximum Gasteiger partial charge on any atom is 0.253 e. The lowest BCUT2D eigenvalue weighted by Gasteiger charge is -2.32. The zero-order valence-electron chi connectivity index (χ0n) is 13.5. The van der Waals surface area contributed by atoms with Crippen LogP contribution in [-0.4, -0.2) is 41.3 Å². The summed E-state index contributed by atoms with van der Waals surface area (Å²) in [6.45, 7) is 2.11. The zero-order valence-corrected chi connectivity index (χ0v) is 13.5. The molecular formula is C19H21N3O2. The predicted molar refractivity (Wildman–Crippen MR) is 91.6 cm³/mol. The molecule has 0 atom stereocenters. The zero-order chi connectivity index (χ0) is 16.8. The van der Waals surface area contributed by atoms with Gasteiger partial charge in [0.15, 0.2) is 0 Å². The van der Waals surface area contributed by atoms with E-state index in [2.05, 4.69) is 10.3 Å². The highest BCUT2D eigenvalue weighted by Gasteiger charge is 2.23. The second-order valence-electron chi connectivity index (χ2n) is 6.05. The van der Waals surface area contributed by atoms with Crippen LogP contribution in [0.5, 0.6) is 0 Å². The molecule has 0 unspecified atom stereocenters. The number of hydrogen-bond donors (Lipinski definition) is 1. The van der Waals surface area contributed by atoms with Crippen molar-refractivity contribution in [3.05, 3.63) is 66.0 Å². The summed E-state index contributed by atoms with van der Waals surface area (Å²) in [5.74, 6) is 0.407. The Balaban J connectivity index is 1.46. The number of rotatable bonds is 4. The van der Waals surface area contributed by atoms with Crippen molar-refractivity contribution in [2.45, 2.75) is 12.8 Å². The van der Waals surface area contributed by atoms with Crippen LogP contribution in [-0.2, 0) is 0 Å². The van der Waals surface area contributed by atoms with Gasteiger partial charge in [0, 0.05) is 37.6 Å². The molecule has 2 amide bonds. The van der Waals surface area contributed by atoms with Crippen molar-refractivity contribution in [3.63, 3.8) is 0 Å². The van der Waals surface area contributed by atoms with Gasteiger partial charge >= 0.3 is 0 Å². The number of carbonyl (C=O) groups excluding carboxylic acids is 2. The van der Waals surface area contributed by atoms with Gasteiger partial charge in [0.2, 0.25) is 0 Å². The van der Waals surface area contributed by atoms with Gasteiger partial charge in [0.05, 0.1) is 5.56 Å². The minimum atomic E-state index is -0.0918. The van der Waals surface area contributed by atoms with Gasteiger partial charge in [-0.2, -0.15) is 0 Å². The average molecular weight is 323 g/mol. The molecule has 0 bridgehead atoms. The second kappa shape index (κ2) is 7.73. The normalized spacial score (nSPS) is 15.1. The molecule has 3 rings (SSSR count).